The number of imidazole rings is 1. The highest BCUT2D eigenvalue weighted by atomic mass is 32.1. The first kappa shape index (κ1) is 25.2. The summed E-state index contributed by atoms with van der Waals surface area (Å²) in [7, 11) is 0. The molecule has 0 aliphatic heterocycles. The van der Waals surface area contributed by atoms with Crippen LogP contribution >= 0.6 is 11.3 Å². The Hall–Kier alpha value is -2.90. The quantitative estimate of drug-likeness (QED) is 0.363. The summed E-state index contributed by atoms with van der Waals surface area (Å²) in [6, 6.07) is 10.4. The van der Waals surface area contributed by atoms with Crippen LogP contribution in [0.1, 0.15) is 57.8 Å². The Bertz CT molecular complexity index is 1270. The monoisotopic (exact) mass is 491 g/mol. The molecule has 0 amide bonds. The number of thiophene rings is 1. The van der Waals surface area contributed by atoms with Crippen molar-refractivity contribution in [2.45, 2.75) is 59.5 Å². The van der Waals surface area contributed by atoms with Crippen LogP contribution in [0.3, 0.4) is 0 Å². The van der Waals surface area contributed by atoms with Gasteiger partial charge in [0.05, 0.1) is 29.6 Å². The molecule has 184 valence electrons. The molecule has 0 spiro atoms. The zero-order chi connectivity index (χ0) is 25.5. The number of aliphatic hydroxyl groups is 1. The average Bonchev–Trinajstić information content (AvgIpc) is 3.52. The molecule has 35 heavy (non-hydrogen) atoms. The van der Waals surface area contributed by atoms with E-state index in [-0.39, 0.29) is 17.4 Å². The Morgan fingerprint density at radius 3 is 2.54 bits per heavy atom. The number of aryl methyl sites for hydroxylation is 1. The number of nitrogens with one attached hydrogen (secondary N) is 2. The molecule has 1 unspecified atom stereocenters. The summed E-state index contributed by atoms with van der Waals surface area (Å²) in [4.78, 5) is 35.0. The number of Topliss-reactive ketones (excluding diaryl/α,β-unsaturated/α-hetero) is 2. The van der Waals surface area contributed by atoms with Crippen LogP contribution in [0.2, 0.25) is 0 Å². The molecular weight excluding hydrogens is 458 g/mol. The van der Waals surface area contributed by atoms with Crippen molar-refractivity contribution in [1.29, 1.82) is 5.41 Å². The van der Waals surface area contributed by atoms with E-state index in [1.54, 1.807) is 17.5 Å². The maximum Gasteiger partial charge on any atom is 0.174 e. The van der Waals surface area contributed by atoms with E-state index in [4.69, 9.17) is 5.41 Å². The molecule has 2 heterocycles. The summed E-state index contributed by atoms with van der Waals surface area (Å²) in [5.74, 6) is -1.51. The van der Waals surface area contributed by atoms with Gasteiger partial charge in [0.15, 0.2) is 5.78 Å². The van der Waals surface area contributed by atoms with E-state index in [9.17, 15) is 14.7 Å². The highest BCUT2D eigenvalue weighted by Gasteiger charge is 2.47. The molecule has 0 radical (unpaired) electrons. The second-order valence-electron chi connectivity index (χ2n) is 10.7. The molecule has 1 fully saturated rings. The van der Waals surface area contributed by atoms with Crippen molar-refractivity contribution in [3.63, 3.8) is 0 Å². The Balaban J connectivity index is 1.64. The summed E-state index contributed by atoms with van der Waals surface area (Å²) in [5, 5.41) is 20.9. The van der Waals surface area contributed by atoms with Gasteiger partial charge in [-0.25, -0.2) is 4.98 Å². The molecule has 4 atom stereocenters. The van der Waals surface area contributed by atoms with Crippen molar-refractivity contribution in [3.05, 3.63) is 53.3 Å². The van der Waals surface area contributed by atoms with Crippen LogP contribution in [0.25, 0.3) is 21.7 Å². The number of H-pyrrole nitrogens is 1. The molecule has 0 bridgehead atoms. The maximum absolute atomic E-state index is 13.7. The summed E-state index contributed by atoms with van der Waals surface area (Å²) in [6.45, 7) is 9.06. The zero-order valence-electron chi connectivity index (χ0n) is 20.9. The van der Waals surface area contributed by atoms with Gasteiger partial charge in [-0.2, -0.15) is 0 Å². The van der Waals surface area contributed by atoms with E-state index in [0.29, 0.717) is 18.7 Å². The summed E-state index contributed by atoms with van der Waals surface area (Å²) in [6.07, 6.45) is 1.88. The summed E-state index contributed by atoms with van der Waals surface area (Å²) in [5.41, 5.74) is 3.50. The van der Waals surface area contributed by atoms with Crippen molar-refractivity contribution < 1.29 is 14.7 Å². The number of carbonyl (C=O) groups excluding carboxylic acids is 2. The predicted molar refractivity (Wildman–Crippen MR) is 140 cm³/mol. The van der Waals surface area contributed by atoms with Gasteiger partial charge < -0.3 is 15.5 Å². The van der Waals surface area contributed by atoms with Crippen molar-refractivity contribution in [3.8, 4) is 21.7 Å². The SMILES string of the molecule is CC(=O)C(=N)[C@H](C(=O)C1C[C@H](O)C[C@H]1c1ncc(-c2cccc(-c3sccc3C)c2)[nH]1)C(C)(C)C. The molecule has 1 saturated carbocycles. The van der Waals surface area contributed by atoms with Crippen molar-refractivity contribution in [1.82, 2.24) is 9.97 Å². The zero-order valence-corrected chi connectivity index (χ0v) is 21.7. The van der Waals surface area contributed by atoms with Crippen LogP contribution < -0.4 is 0 Å². The van der Waals surface area contributed by atoms with Crippen LogP contribution in [0.15, 0.2) is 41.9 Å². The molecule has 7 heteroatoms. The van der Waals surface area contributed by atoms with Crippen LogP contribution in [0.4, 0.5) is 0 Å². The van der Waals surface area contributed by atoms with E-state index >= 15 is 0 Å². The first-order chi connectivity index (χ1) is 16.5. The third-order valence-corrected chi connectivity index (χ3v) is 8.03. The minimum Gasteiger partial charge on any atom is -0.393 e. The van der Waals surface area contributed by atoms with Crippen LogP contribution in [-0.2, 0) is 9.59 Å². The van der Waals surface area contributed by atoms with Gasteiger partial charge in [0, 0.05) is 29.2 Å². The lowest BCUT2D eigenvalue weighted by Gasteiger charge is -2.32. The third kappa shape index (κ3) is 5.07. The fourth-order valence-corrected chi connectivity index (χ4v) is 6.14. The Morgan fingerprint density at radius 2 is 1.91 bits per heavy atom. The largest absolute Gasteiger partial charge is 0.393 e. The van der Waals surface area contributed by atoms with Gasteiger partial charge in [0.25, 0.3) is 0 Å². The molecule has 4 rings (SSSR count). The molecule has 1 aromatic carbocycles. The van der Waals surface area contributed by atoms with Crippen LogP contribution in [0.5, 0.6) is 0 Å². The number of hydrogen-bond acceptors (Lipinski definition) is 6. The smallest absolute Gasteiger partial charge is 0.174 e. The average molecular weight is 492 g/mol. The number of benzene rings is 1. The van der Waals surface area contributed by atoms with E-state index in [2.05, 4.69) is 40.5 Å². The lowest BCUT2D eigenvalue weighted by Crippen LogP contribution is -2.42. The summed E-state index contributed by atoms with van der Waals surface area (Å²) >= 11 is 1.71. The number of nitrogens with zero attached hydrogens (tertiary/aromatic N) is 1. The maximum atomic E-state index is 13.7. The fraction of sp³-hybridized carbons (Fsp3) is 0.429. The van der Waals surface area contributed by atoms with Gasteiger partial charge >= 0.3 is 0 Å². The highest BCUT2D eigenvalue weighted by Crippen LogP contribution is 2.44. The standard InChI is InChI=1S/C28H33N3O3S/c1-15-9-10-35-26(15)18-8-6-7-17(11-18)22-14-30-27(31-22)21-13-19(33)12-20(21)25(34)23(28(3,4)5)24(29)16(2)32/h6-11,14,19-21,23,29,33H,12-13H2,1-5H3,(H,30,31)/t19-,20?,21+,23+/m0/s1. The number of hydrogen-bond donors (Lipinski definition) is 3. The van der Waals surface area contributed by atoms with Gasteiger partial charge in [-0.1, -0.05) is 39.0 Å². The van der Waals surface area contributed by atoms with Crippen molar-refractivity contribution >= 4 is 28.6 Å². The van der Waals surface area contributed by atoms with E-state index in [1.807, 2.05) is 32.9 Å². The van der Waals surface area contributed by atoms with E-state index in [0.717, 1.165) is 16.8 Å². The number of rotatable bonds is 7. The van der Waals surface area contributed by atoms with Crippen LogP contribution in [-0.4, -0.2) is 38.5 Å². The molecular formula is C28H33N3O3S. The molecule has 3 aromatic rings. The Kier molecular flexibility index (Phi) is 6.93. The lowest BCUT2D eigenvalue weighted by atomic mass is 9.70. The minimum absolute atomic E-state index is 0.160. The van der Waals surface area contributed by atoms with Crippen molar-refractivity contribution in [2.75, 3.05) is 0 Å². The molecule has 2 aromatic heterocycles. The molecule has 1 aliphatic carbocycles. The summed E-state index contributed by atoms with van der Waals surface area (Å²) < 4.78 is 0. The van der Waals surface area contributed by atoms with Crippen molar-refractivity contribution in [2.24, 2.45) is 17.3 Å². The number of ketones is 2. The number of aromatic amines is 1. The fourth-order valence-electron chi connectivity index (χ4n) is 5.22. The van der Waals surface area contributed by atoms with Crippen LogP contribution in [0, 0.1) is 29.6 Å². The number of aromatic nitrogens is 2. The number of carbonyl (C=O) groups is 2. The van der Waals surface area contributed by atoms with Gasteiger partial charge in [-0.3, -0.25) is 9.59 Å². The van der Waals surface area contributed by atoms with E-state index < -0.39 is 29.1 Å². The normalized spacial score (nSPS) is 21.1. The topological polar surface area (TPSA) is 107 Å². The molecule has 0 saturated heterocycles. The van der Waals surface area contributed by atoms with Gasteiger partial charge in [-0.15, -0.1) is 11.3 Å². The Morgan fingerprint density at radius 1 is 1.20 bits per heavy atom. The molecule has 6 nitrogen and oxygen atoms in total. The first-order valence-corrected chi connectivity index (χ1v) is 12.9. The predicted octanol–water partition coefficient (Wildman–Crippen LogP) is 5.81. The van der Waals surface area contributed by atoms with E-state index in [1.165, 1.54) is 17.4 Å². The van der Waals surface area contributed by atoms with Gasteiger partial charge in [0.1, 0.15) is 11.6 Å². The second-order valence-corrected chi connectivity index (χ2v) is 11.6. The lowest BCUT2D eigenvalue weighted by molar-refractivity contribution is -0.128. The highest BCUT2D eigenvalue weighted by molar-refractivity contribution is 7.13. The third-order valence-electron chi connectivity index (χ3n) is 6.97. The number of aliphatic hydroxyl groups excluding tert-OH is 1. The van der Waals surface area contributed by atoms with Gasteiger partial charge in [0.2, 0.25) is 0 Å². The first-order valence-electron chi connectivity index (χ1n) is 12.0. The Labute approximate surface area is 210 Å². The van der Waals surface area contributed by atoms with Gasteiger partial charge in [-0.05, 0) is 53.8 Å². The minimum atomic E-state index is -0.821. The molecule has 1 aliphatic rings. The molecule has 3 N–H and O–H groups in total. The second kappa shape index (κ2) is 9.63.